The number of thioether (sulfide) groups is 1. The van der Waals surface area contributed by atoms with Crippen molar-refractivity contribution in [1.29, 1.82) is 0 Å². The van der Waals surface area contributed by atoms with E-state index in [1.807, 2.05) is 10.6 Å². The minimum atomic E-state index is -1.46. The van der Waals surface area contributed by atoms with Gasteiger partial charge in [0, 0.05) is 28.9 Å². The number of β-lactam (4-membered cyclic amide) rings is 1. The Morgan fingerprint density at radius 2 is 2.25 bits per heavy atom. The molecule has 0 aromatic carbocycles. The first kappa shape index (κ1) is 25.3. The molecule has 1 fully saturated rings. The quantitative estimate of drug-likeness (QED) is 0.143. The summed E-state index contributed by atoms with van der Waals surface area (Å²) in [7, 11) is 1.25. The number of imidazole rings is 1. The highest BCUT2D eigenvalue weighted by Gasteiger charge is 2.53. The summed E-state index contributed by atoms with van der Waals surface area (Å²) >= 11 is 2.21. The van der Waals surface area contributed by atoms with Crippen LogP contribution in [0.5, 0.6) is 0 Å². The molecule has 0 saturated carbocycles. The topological polar surface area (TPSA) is 184 Å². The van der Waals surface area contributed by atoms with Gasteiger partial charge in [-0.25, -0.2) is 4.57 Å². The molecule has 0 aliphatic carbocycles. The maximum Gasteiger partial charge on any atom is 0.307 e. The van der Waals surface area contributed by atoms with Crippen molar-refractivity contribution in [2.24, 2.45) is 5.16 Å². The van der Waals surface area contributed by atoms with Gasteiger partial charge < -0.3 is 25.8 Å². The van der Waals surface area contributed by atoms with Crippen LogP contribution in [0.15, 0.2) is 47.1 Å². The molecule has 188 valence electrons. The highest BCUT2D eigenvalue weighted by atomic mass is 35.5. The summed E-state index contributed by atoms with van der Waals surface area (Å²) in [5.41, 5.74) is 6.39. The Morgan fingerprint density at radius 3 is 2.94 bits per heavy atom. The third-order valence-electron chi connectivity index (χ3n) is 5.38. The predicted molar refractivity (Wildman–Crippen MR) is 128 cm³/mol. The average molecular weight is 552 g/mol. The van der Waals surface area contributed by atoms with Crippen molar-refractivity contribution in [2.75, 3.05) is 18.6 Å². The van der Waals surface area contributed by atoms with E-state index >= 15 is 0 Å². The Hall–Kier alpha value is -3.76. The second-order valence-electron chi connectivity index (χ2n) is 7.43. The number of oxime groups is 1. The van der Waals surface area contributed by atoms with E-state index in [-0.39, 0.29) is 41.3 Å². The van der Waals surface area contributed by atoms with Gasteiger partial charge in [-0.15, -0.1) is 28.7 Å². The lowest BCUT2D eigenvalue weighted by Crippen LogP contribution is -2.71. The van der Waals surface area contributed by atoms with Crippen molar-refractivity contribution in [3.05, 3.63) is 47.8 Å². The zero-order chi connectivity index (χ0) is 24.7. The van der Waals surface area contributed by atoms with Crippen LogP contribution in [0.1, 0.15) is 5.82 Å². The minimum absolute atomic E-state index is 0. The normalized spacial score (nSPS) is 19.4. The molecule has 0 radical (unpaired) electrons. The fourth-order valence-corrected chi connectivity index (χ4v) is 5.66. The summed E-state index contributed by atoms with van der Waals surface area (Å²) in [5.74, 6) is -2.53. The Kier molecular flexibility index (Phi) is 7.09. The van der Waals surface area contributed by atoms with Crippen molar-refractivity contribution >= 4 is 70.0 Å². The van der Waals surface area contributed by atoms with E-state index in [1.54, 1.807) is 29.2 Å². The molecule has 14 nitrogen and oxygen atoms in total. The minimum Gasteiger partial charge on any atom is -0.543 e. The smallest absolute Gasteiger partial charge is 0.307 e. The highest BCUT2D eigenvalue weighted by Crippen LogP contribution is 2.40. The van der Waals surface area contributed by atoms with Crippen molar-refractivity contribution in [3.8, 4) is 0 Å². The lowest BCUT2D eigenvalue weighted by Gasteiger charge is -2.50. The lowest BCUT2D eigenvalue weighted by molar-refractivity contribution is -0.662. The molecule has 17 heteroatoms. The van der Waals surface area contributed by atoms with Gasteiger partial charge in [0.05, 0.1) is 17.9 Å². The number of hydrogen-bond donors (Lipinski definition) is 2. The summed E-state index contributed by atoms with van der Waals surface area (Å²) in [6.07, 6.45) is 5.16. The molecule has 2 aliphatic heterocycles. The van der Waals surface area contributed by atoms with Crippen LogP contribution < -0.4 is 20.7 Å². The third kappa shape index (κ3) is 4.33. The molecule has 36 heavy (non-hydrogen) atoms. The molecular formula is C19H18ClN9O5S2. The van der Waals surface area contributed by atoms with Crippen LogP contribution in [0.2, 0.25) is 0 Å². The Labute approximate surface area is 217 Å². The van der Waals surface area contributed by atoms with Gasteiger partial charge in [0.25, 0.3) is 11.8 Å². The number of anilines is 1. The first-order chi connectivity index (χ1) is 16.9. The Balaban J connectivity index is 0.00000304. The molecule has 2 amide bonds. The van der Waals surface area contributed by atoms with Crippen LogP contribution in [-0.4, -0.2) is 71.6 Å². The van der Waals surface area contributed by atoms with E-state index < -0.39 is 29.2 Å². The monoisotopic (exact) mass is 551 g/mol. The summed E-state index contributed by atoms with van der Waals surface area (Å²) in [4.78, 5) is 47.6. The number of nitrogens with zero attached hydrogens (tertiary/aromatic N) is 7. The first-order valence-electron chi connectivity index (χ1n) is 10.1. The van der Waals surface area contributed by atoms with Gasteiger partial charge in [0.15, 0.2) is 11.3 Å². The largest absolute Gasteiger partial charge is 0.543 e. The van der Waals surface area contributed by atoms with E-state index in [1.165, 1.54) is 18.9 Å². The molecule has 5 heterocycles. The van der Waals surface area contributed by atoms with Gasteiger partial charge in [-0.3, -0.25) is 14.5 Å². The molecular weight excluding hydrogens is 534 g/mol. The van der Waals surface area contributed by atoms with Crippen LogP contribution in [0.3, 0.4) is 0 Å². The van der Waals surface area contributed by atoms with Gasteiger partial charge in [-0.05, 0) is 6.07 Å². The Bertz CT molecular complexity index is 1420. The second-order valence-corrected chi connectivity index (χ2v) is 9.32. The number of hydrogen-bond acceptors (Lipinski definition) is 12. The van der Waals surface area contributed by atoms with Crippen LogP contribution in [0.4, 0.5) is 5.13 Å². The number of nitrogen functional groups attached to an aromatic ring is 1. The average Bonchev–Trinajstić information content (AvgIpc) is 3.46. The third-order valence-corrected chi connectivity index (χ3v) is 7.26. The fraction of sp³-hybridized carbons (Fsp3) is 0.263. The number of aliphatic carboxylic acids is 1. The number of rotatable bonds is 7. The molecule has 2 atom stereocenters. The van der Waals surface area contributed by atoms with E-state index in [9.17, 15) is 19.5 Å². The van der Waals surface area contributed by atoms with Gasteiger partial charge in [-0.2, -0.15) is 9.36 Å². The number of carboxylic acid groups (broad SMARTS) is 1. The molecule has 0 spiro atoms. The highest BCUT2D eigenvalue weighted by molar-refractivity contribution is 8.00. The molecule has 3 aromatic rings. The van der Waals surface area contributed by atoms with Crippen molar-refractivity contribution in [3.63, 3.8) is 0 Å². The molecule has 1 saturated heterocycles. The van der Waals surface area contributed by atoms with Crippen LogP contribution in [0, 0.1) is 0 Å². The molecule has 0 bridgehead atoms. The summed E-state index contributed by atoms with van der Waals surface area (Å²) in [6.45, 7) is 0.230. The van der Waals surface area contributed by atoms with E-state index in [0.29, 0.717) is 11.3 Å². The number of carbonyl (C=O) groups is 3. The Morgan fingerprint density at radius 1 is 1.44 bits per heavy atom. The lowest BCUT2D eigenvalue weighted by atomic mass is 10.0. The van der Waals surface area contributed by atoms with Gasteiger partial charge in [-0.1, -0.05) is 10.3 Å². The summed E-state index contributed by atoms with van der Waals surface area (Å²) in [6, 6.07) is 2.64. The fourth-order valence-electron chi connectivity index (χ4n) is 3.89. The van der Waals surface area contributed by atoms with Gasteiger partial charge in [0.2, 0.25) is 11.5 Å². The zero-order valence-electron chi connectivity index (χ0n) is 18.4. The van der Waals surface area contributed by atoms with Gasteiger partial charge in [0.1, 0.15) is 31.3 Å². The number of nitrogens with one attached hydrogen (secondary N) is 1. The number of halogens is 1. The van der Waals surface area contributed by atoms with E-state index in [0.717, 1.165) is 22.1 Å². The van der Waals surface area contributed by atoms with Crippen LogP contribution in [-0.2, 0) is 25.8 Å². The van der Waals surface area contributed by atoms with Gasteiger partial charge >= 0.3 is 5.65 Å². The second kappa shape index (κ2) is 10.1. The van der Waals surface area contributed by atoms with Crippen molar-refractivity contribution in [2.45, 2.75) is 18.0 Å². The molecule has 3 aromatic heterocycles. The first-order valence-corrected chi connectivity index (χ1v) is 11.9. The number of aromatic nitrogens is 5. The van der Waals surface area contributed by atoms with Crippen LogP contribution in [0.25, 0.3) is 5.65 Å². The van der Waals surface area contributed by atoms with Crippen molar-refractivity contribution in [1.82, 2.24) is 29.2 Å². The van der Waals surface area contributed by atoms with E-state index in [4.69, 9.17) is 10.6 Å². The van der Waals surface area contributed by atoms with Crippen molar-refractivity contribution < 1.29 is 28.9 Å². The maximum absolute atomic E-state index is 13.0. The summed E-state index contributed by atoms with van der Waals surface area (Å²) in [5, 5.41) is 22.0. The number of nitrogens with two attached hydrogens (primary N) is 1. The molecule has 5 rings (SSSR count). The summed E-state index contributed by atoms with van der Waals surface area (Å²) < 4.78 is 7.43. The maximum atomic E-state index is 13.0. The molecule has 1 unspecified atom stereocenters. The zero-order valence-corrected chi connectivity index (χ0v) is 20.9. The SMILES string of the molecule is CO/N=C(/C(=O)N[C@@H]1C(=O)N2C(C(=O)[O-])=C(C[n+]3ccn4ncccc43)CSC12)c1nsc(N)n1.Cl. The molecule has 3 N–H and O–H groups in total. The van der Waals surface area contributed by atoms with E-state index in [2.05, 4.69) is 24.9 Å². The predicted octanol–water partition coefficient (Wildman–Crippen LogP) is -2.07. The number of carbonyl (C=O) groups excluding carboxylic acids is 3. The number of carboxylic acids is 1. The number of fused-ring (bicyclic) bond motifs is 2. The number of amides is 2. The molecule has 2 aliphatic rings. The standard InChI is InChI=1S/C19H17N9O5S2.ClH/c1-33-24-11(14-23-19(20)35-25-14)15(29)22-12-16(30)28-13(18(31)32)9(8-34-17(12)28)7-26-5-6-27-10(26)3-2-4-21-27;/h2-6,12,17H,7-8H2,1H3,(H3-,20,22,23,25,29,31,32);1H/b24-11+;/t12-,17?;/m1./s1. The van der Waals surface area contributed by atoms with Crippen LogP contribution >= 0.6 is 35.7 Å².